The van der Waals surface area contributed by atoms with E-state index in [9.17, 15) is 0 Å². The number of allylic oxidation sites excluding steroid dienone is 2. The Morgan fingerprint density at radius 3 is 2.13 bits per heavy atom. The lowest BCUT2D eigenvalue weighted by atomic mass is 9.82. The van der Waals surface area contributed by atoms with Gasteiger partial charge in [0.25, 0.3) is 0 Å². The van der Waals surface area contributed by atoms with E-state index in [-0.39, 0.29) is 0 Å². The molecule has 0 aliphatic heterocycles. The summed E-state index contributed by atoms with van der Waals surface area (Å²) in [6.07, 6.45) is 5.70. The first-order valence-electron chi connectivity index (χ1n) is 7.99. The molecule has 0 fully saturated rings. The lowest BCUT2D eigenvalue weighted by Gasteiger charge is -2.22. The van der Waals surface area contributed by atoms with Crippen molar-refractivity contribution in [1.82, 2.24) is 0 Å². The highest BCUT2D eigenvalue weighted by atomic mass is 79.9. The summed E-state index contributed by atoms with van der Waals surface area (Å²) in [4.78, 5) is 0. The molecule has 23 heavy (non-hydrogen) atoms. The van der Waals surface area contributed by atoms with Crippen LogP contribution >= 0.6 is 27.5 Å². The third-order valence-electron chi connectivity index (χ3n) is 5.24. The standard InChI is InChI=1S/C21H18BrCl/c1-12-9-18-14(5-3-7-20(18)22)16(12)11-17-13(2)10-19-15(17)6-4-8-21(19)23/h3-10,16-17H,11H2,1-2H3. The fraction of sp³-hybridized carbons (Fsp3) is 0.238. The van der Waals surface area contributed by atoms with E-state index in [4.69, 9.17) is 11.6 Å². The van der Waals surface area contributed by atoms with Crippen LogP contribution in [0, 0.1) is 0 Å². The average Bonchev–Trinajstić information content (AvgIpc) is 3.01. The third-order valence-corrected chi connectivity index (χ3v) is 6.26. The van der Waals surface area contributed by atoms with Gasteiger partial charge in [-0.3, -0.25) is 0 Å². The first kappa shape index (κ1) is 15.2. The minimum absolute atomic E-state index is 0.460. The molecule has 0 saturated heterocycles. The molecule has 0 heterocycles. The van der Waals surface area contributed by atoms with Gasteiger partial charge < -0.3 is 0 Å². The van der Waals surface area contributed by atoms with E-state index in [0.717, 1.165) is 11.4 Å². The second-order valence-corrected chi connectivity index (χ2v) is 7.86. The van der Waals surface area contributed by atoms with Crippen molar-refractivity contribution in [2.24, 2.45) is 0 Å². The smallest absolute Gasteiger partial charge is 0.0481 e. The topological polar surface area (TPSA) is 0 Å². The van der Waals surface area contributed by atoms with Crippen LogP contribution < -0.4 is 0 Å². The summed E-state index contributed by atoms with van der Waals surface area (Å²) in [5.41, 5.74) is 8.26. The third kappa shape index (κ3) is 2.42. The van der Waals surface area contributed by atoms with E-state index in [2.05, 4.69) is 72.3 Å². The SMILES string of the molecule is CC1=Cc2c(Cl)cccc2C1CC1C(C)=Cc2c(Br)cccc21. The van der Waals surface area contributed by atoms with Crippen LogP contribution in [0.2, 0.25) is 5.02 Å². The second-order valence-electron chi connectivity index (χ2n) is 6.60. The summed E-state index contributed by atoms with van der Waals surface area (Å²) in [5, 5.41) is 0.867. The predicted octanol–water partition coefficient (Wildman–Crippen LogP) is 7.19. The Kier molecular flexibility index (Phi) is 3.74. The van der Waals surface area contributed by atoms with Crippen molar-refractivity contribution < 1.29 is 0 Å². The van der Waals surface area contributed by atoms with E-state index in [1.807, 2.05) is 6.07 Å². The summed E-state index contributed by atoms with van der Waals surface area (Å²) < 4.78 is 1.19. The van der Waals surface area contributed by atoms with Gasteiger partial charge in [-0.05, 0) is 54.7 Å². The normalized spacial score (nSPS) is 21.7. The summed E-state index contributed by atoms with van der Waals surface area (Å²) >= 11 is 10.1. The van der Waals surface area contributed by atoms with Crippen LogP contribution in [-0.2, 0) is 0 Å². The fourth-order valence-corrected chi connectivity index (χ4v) is 4.76. The minimum atomic E-state index is 0.460. The number of hydrogen-bond donors (Lipinski definition) is 0. The summed E-state index contributed by atoms with van der Waals surface area (Å²) in [6, 6.07) is 12.8. The van der Waals surface area contributed by atoms with E-state index in [0.29, 0.717) is 11.8 Å². The fourth-order valence-electron chi connectivity index (χ4n) is 4.03. The van der Waals surface area contributed by atoms with Crippen LogP contribution in [0.25, 0.3) is 12.2 Å². The molecule has 2 aromatic carbocycles. The van der Waals surface area contributed by atoms with Crippen molar-refractivity contribution in [1.29, 1.82) is 0 Å². The molecule has 2 atom stereocenters. The molecule has 0 bridgehead atoms. The van der Waals surface area contributed by atoms with Crippen LogP contribution in [0.4, 0.5) is 0 Å². The Morgan fingerprint density at radius 1 is 0.870 bits per heavy atom. The minimum Gasteiger partial charge on any atom is -0.0837 e. The molecule has 2 unspecified atom stereocenters. The monoisotopic (exact) mass is 384 g/mol. The number of halogens is 2. The molecule has 2 heteroatoms. The zero-order chi connectivity index (χ0) is 16.1. The van der Waals surface area contributed by atoms with Gasteiger partial charge in [-0.2, -0.15) is 0 Å². The lowest BCUT2D eigenvalue weighted by Crippen LogP contribution is -2.06. The van der Waals surface area contributed by atoms with E-state index < -0.39 is 0 Å². The second kappa shape index (κ2) is 5.65. The summed E-state index contributed by atoms with van der Waals surface area (Å²) in [5.74, 6) is 0.947. The number of benzene rings is 2. The Balaban J connectivity index is 1.72. The molecule has 0 spiro atoms. The van der Waals surface area contributed by atoms with Crippen molar-refractivity contribution in [2.45, 2.75) is 32.1 Å². The Labute approximate surface area is 151 Å². The molecule has 116 valence electrons. The molecule has 0 amide bonds. The average molecular weight is 386 g/mol. The molecule has 4 rings (SSSR count). The van der Waals surface area contributed by atoms with E-state index in [1.54, 1.807) is 0 Å². The van der Waals surface area contributed by atoms with Crippen molar-refractivity contribution in [3.8, 4) is 0 Å². The summed E-state index contributed by atoms with van der Waals surface area (Å²) in [7, 11) is 0. The zero-order valence-corrected chi connectivity index (χ0v) is 15.6. The Morgan fingerprint density at radius 2 is 1.43 bits per heavy atom. The van der Waals surface area contributed by atoms with Crippen LogP contribution in [0.3, 0.4) is 0 Å². The quantitative estimate of drug-likeness (QED) is 0.513. The van der Waals surface area contributed by atoms with Gasteiger partial charge in [-0.25, -0.2) is 0 Å². The van der Waals surface area contributed by atoms with Gasteiger partial charge >= 0.3 is 0 Å². The molecular weight excluding hydrogens is 368 g/mol. The maximum Gasteiger partial charge on any atom is 0.0481 e. The van der Waals surface area contributed by atoms with Crippen molar-refractivity contribution in [2.75, 3.05) is 0 Å². The number of rotatable bonds is 2. The highest BCUT2D eigenvalue weighted by Crippen LogP contribution is 2.49. The van der Waals surface area contributed by atoms with Gasteiger partial charge in [0.1, 0.15) is 0 Å². The largest absolute Gasteiger partial charge is 0.0837 e. The number of hydrogen-bond acceptors (Lipinski definition) is 0. The zero-order valence-electron chi connectivity index (χ0n) is 13.2. The van der Waals surface area contributed by atoms with Crippen molar-refractivity contribution in [3.63, 3.8) is 0 Å². The molecule has 2 aliphatic rings. The van der Waals surface area contributed by atoms with Gasteiger partial charge in [0.15, 0.2) is 0 Å². The summed E-state index contributed by atoms with van der Waals surface area (Å²) in [6.45, 7) is 4.49. The predicted molar refractivity (Wildman–Crippen MR) is 103 cm³/mol. The van der Waals surface area contributed by atoms with Crippen LogP contribution in [0.5, 0.6) is 0 Å². The van der Waals surface area contributed by atoms with E-state index >= 15 is 0 Å². The van der Waals surface area contributed by atoms with Gasteiger partial charge in [-0.1, -0.05) is 75.1 Å². The molecule has 2 aromatic rings. The molecule has 2 aliphatic carbocycles. The van der Waals surface area contributed by atoms with Gasteiger partial charge in [0.05, 0.1) is 0 Å². The van der Waals surface area contributed by atoms with E-state index in [1.165, 1.54) is 37.9 Å². The Hall–Kier alpha value is -1.31. The van der Waals surface area contributed by atoms with Crippen LogP contribution in [0.15, 0.2) is 52.0 Å². The highest BCUT2D eigenvalue weighted by molar-refractivity contribution is 9.10. The molecule has 0 N–H and O–H groups in total. The molecular formula is C21H18BrCl. The highest BCUT2D eigenvalue weighted by Gasteiger charge is 2.31. The van der Waals surface area contributed by atoms with Gasteiger partial charge in [0, 0.05) is 21.3 Å². The lowest BCUT2D eigenvalue weighted by molar-refractivity contribution is 0.642. The first-order valence-corrected chi connectivity index (χ1v) is 9.16. The molecule has 0 nitrogen and oxygen atoms in total. The maximum absolute atomic E-state index is 6.39. The molecule has 0 radical (unpaired) electrons. The first-order chi connectivity index (χ1) is 11.1. The molecule has 0 saturated carbocycles. The Bertz CT molecular complexity index is 789. The maximum atomic E-state index is 6.39. The van der Waals surface area contributed by atoms with Crippen LogP contribution in [0.1, 0.15) is 54.4 Å². The van der Waals surface area contributed by atoms with Crippen molar-refractivity contribution in [3.05, 3.63) is 79.3 Å². The van der Waals surface area contributed by atoms with Crippen molar-refractivity contribution >= 4 is 39.7 Å². The van der Waals surface area contributed by atoms with Gasteiger partial charge in [0.2, 0.25) is 0 Å². The number of fused-ring (bicyclic) bond motifs is 2. The molecule has 0 aromatic heterocycles. The van der Waals surface area contributed by atoms with Gasteiger partial charge in [-0.15, -0.1) is 0 Å². The van der Waals surface area contributed by atoms with Crippen LogP contribution in [-0.4, -0.2) is 0 Å².